The molecule has 0 aromatic heterocycles. The van der Waals surface area contributed by atoms with Gasteiger partial charge in [0.15, 0.2) is 5.75 Å². The quantitative estimate of drug-likeness (QED) is 0.835. The lowest BCUT2D eigenvalue weighted by Crippen LogP contribution is -2.54. The highest BCUT2D eigenvalue weighted by molar-refractivity contribution is 7.91. The van der Waals surface area contributed by atoms with Gasteiger partial charge < -0.3 is 4.55 Å². The third-order valence-corrected chi connectivity index (χ3v) is 6.36. The number of nitrogens with one attached hydrogen (secondary N) is 1. The van der Waals surface area contributed by atoms with Crippen LogP contribution in [0.4, 0.5) is 5.69 Å². The highest BCUT2D eigenvalue weighted by Gasteiger charge is 2.58. The number of carbonyl (C=O) groups excluding carboxylic acids is 1. The summed E-state index contributed by atoms with van der Waals surface area (Å²) in [5.74, 6) is 0.372. The fourth-order valence-electron chi connectivity index (χ4n) is 4.66. The molecule has 26 heavy (non-hydrogen) atoms. The van der Waals surface area contributed by atoms with Gasteiger partial charge in [0.1, 0.15) is 0 Å². The number of ketones is 1. The topological polar surface area (TPSA) is 55.4 Å². The Kier molecular flexibility index (Phi) is 3.54. The van der Waals surface area contributed by atoms with Gasteiger partial charge in [0.25, 0.3) is 0 Å². The first-order chi connectivity index (χ1) is 12.6. The van der Waals surface area contributed by atoms with Crippen molar-refractivity contribution in [3.05, 3.63) is 77.1 Å². The lowest BCUT2D eigenvalue weighted by Gasteiger charge is -2.39. The Bertz CT molecular complexity index is 913. The first-order valence-electron chi connectivity index (χ1n) is 8.92. The van der Waals surface area contributed by atoms with Crippen LogP contribution in [-0.4, -0.2) is 27.9 Å². The van der Waals surface area contributed by atoms with E-state index in [1.165, 1.54) is 11.1 Å². The van der Waals surface area contributed by atoms with Gasteiger partial charge in [-0.2, -0.15) is 0 Å². The molecule has 2 bridgehead atoms. The molecule has 132 valence electrons. The Morgan fingerprint density at radius 2 is 2.19 bits per heavy atom. The molecular formula is C21H20N2O2S. The maximum Gasteiger partial charge on any atom is 0.213 e. The minimum atomic E-state index is -1.14. The molecule has 0 spiro atoms. The largest absolute Gasteiger partial charge is 0.616 e. The fourth-order valence-corrected chi connectivity index (χ4v) is 5.18. The molecule has 1 aromatic carbocycles. The molecule has 3 unspecified atom stereocenters. The molecule has 0 amide bonds. The van der Waals surface area contributed by atoms with Crippen LogP contribution in [0.15, 0.2) is 77.1 Å². The van der Waals surface area contributed by atoms with Crippen LogP contribution in [0.5, 0.6) is 0 Å². The highest BCUT2D eigenvalue weighted by Crippen LogP contribution is 2.56. The molecule has 1 aliphatic heterocycles. The summed E-state index contributed by atoms with van der Waals surface area (Å²) >= 11 is -1.14. The van der Waals surface area contributed by atoms with Crippen molar-refractivity contribution in [2.75, 3.05) is 17.0 Å². The van der Waals surface area contributed by atoms with Crippen molar-refractivity contribution < 1.29 is 9.35 Å². The second-order valence-electron chi connectivity index (χ2n) is 7.29. The molecule has 3 aliphatic carbocycles. The van der Waals surface area contributed by atoms with Gasteiger partial charge in [-0.25, -0.2) is 5.43 Å². The minimum Gasteiger partial charge on any atom is -0.616 e. The molecule has 5 rings (SSSR count). The Labute approximate surface area is 156 Å². The minimum absolute atomic E-state index is 0.0363. The van der Waals surface area contributed by atoms with Crippen molar-refractivity contribution in [1.29, 1.82) is 0 Å². The van der Waals surface area contributed by atoms with Crippen molar-refractivity contribution in [3.63, 3.8) is 0 Å². The van der Waals surface area contributed by atoms with Crippen molar-refractivity contribution in [2.45, 2.75) is 18.4 Å². The van der Waals surface area contributed by atoms with Gasteiger partial charge in [0, 0.05) is 17.1 Å². The number of anilines is 1. The van der Waals surface area contributed by atoms with Crippen molar-refractivity contribution in [2.24, 2.45) is 5.92 Å². The number of carbonyl (C=O) groups is 1. The highest BCUT2D eigenvalue weighted by atomic mass is 32.2. The Hall–Kier alpha value is -2.08. The summed E-state index contributed by atoms with van der Waals surface area (Å²) in [6.45, 7) is 0. The van der Waals surface area contributed by atoms with E-state index in [9.17, 15) is 9.35 Å². The molecule has 0 fully saturated rings. The van der Waals surface area contributed by atoms with E-state index >= 15 is 0 Å². The van der Waals surface area contributed by atoms with Gasteiger partial charge in [-0.05, 0) is 47.8 Å². The molecule has 3 atom stereocenters. The molecule has 0 saturated carbocycles. The van der Waals surface area contributed by atoms with E-state index in [0.717, 1.165) is 24.2 Å². The summed E-state index contributed by atoms with van der Waals surface area (Å²) in [6.07, 6.45) is 12.5. The normalized spacial score (nSPS) is 29.5. The molecule has 4 aliphatic rings. The number of nitrogens with zero attached hydrogens (tertiary/aromatic N) is 1. The van der Waals surface area contributed by atoms with Gasteiger partial charge >= 0.3 is 0 Å². The van der Waals surface area contributed by atoms with Crippen molar-refractivity contribution in [3.8, 4) is 0 Å². The number of rotatable bonds is 4. The molecule has 1 heterocycles. The average molecular weight is 364 g/mol. The molecular weight excluding hydrogens is 344 g/mol. The summed E-state index contributed by atoms with van der Waals surface area (Å²) in [5, 5.41) is 2.05. The second kappa shape index (κ2) is 5.71. The summed E-state index contributed by atoms with van der Waals surface area (Å²) in [7, 11) is 0. The van der Waals surface area contributed by atoms with Gasteiger partial charge in [0.05, 0.1) is 23.2 Å². The number of allylic oxidation sites excluding steroid dienone is 3. The zero-order chi connectivity index (χ0) is 17.9. The second-order valence-corrected chi connectivity index (χ2v) is 8.72. The Morgan fingerprint density at radius 3 is 2.96 bits per heavy atom. The van der Waals surface area contributed by atoms with Crippen LogP contribution in [0.1, 0.15) is 12.8 Å². The number of para-hydroxylation sites is 1. The van der Waals surface area contributed by atoms with Crippen LogP contribution in [0, 0.1) is 5.92 Å². The van der Waals surface area contributed by atoms with Crippen LogP contribution < -0.4 is 10.4 Å². The number of hydrogen-bond donors (Lipinski definition) is 1. The lowest BCUT2D eigenvalue weighted by molar-refractivity contribution is -0.113. The number of hydrazine groups is 1. The molecule has 5 heteroatoms. The Morgan fingerprint density at radius 1 is 1.38 bits per heavy atom. The summed E-state index contributed by atoms with van der Waals surface area (Å²) in [5.41, 5.74) is 8.52. The fraction of sp³-hybridized carbons (Fsp3) is 0.286. The predicted molar refractivity (Wildman–Crippen MR) is 104 cm³/mol. The maximum absolute atomic E-state index is 12.8. The van der Waals surface area contributed by atoms with Crippen molar-refractivity contribution >= 4 is 22.6 Å². The third kappa shape index (κ3) is 2.14. The molecule has 0 radical (unpaired) electrons. The first-order valence-corrected chi connectivity index (χ1v) is 10.7. The van der Waals surface area contributed by atoms with Crippen LogP contribution in [-0.2, 0) is 16.0 Å². The van der Waals surface area contributed by atoms with E-state index in [1.54, 1.807) is 6.26 Å². The van der Waals surface area contributed by atoms with Crippen LogP contribution in [0.3, 0.4) is 0 Å². The van der Waals surface area contributed by atoms with E-state index < -0.39 is 11.2 Å². The number of fused-ring (bicyclic) bond motifs is 1. The number of hydrogen-bond acceptors (Lipinski definition) is 4. The first kappa shape index (κ1) is 16.1. The summed E-state index contributed by atoms with van der Waals surface area (Å²) in [6, 6.07) is 10.1. The van der Waals surface area contributed by atoms with Crippen LogP contribution in [0.2, 0.25) is 0 Å². The van der Waals surface area contributed by atoms with E-state index in [4.69, 9.17) is 0 Å². The predicted octanol–water partition coefficient (Wildman–Crippen LogP) is 2.80. The zero-order valence-electron chi connectivity index (χ0n) is 14.6. The molecule has 4 nitrogen and oxygen atoms in total. The lowest BCUT2D eigenvalue weighted by atomic mass is 9.78. The van der Waals surface area contributed by atoms with Gasteiger partial charge in [-0.1, -0.05) is 36.4 Å². The van der Waals surface area contributed by atoms with E-state index in [-0.39, 0.29) is 17.1 Å². The third-order valence-electron chi connectivity index (χ3n) is 5.69. The van der Waals surface area contributed by atoms with Gasteiger partial charge in [-0.3, -0.25) is 9.80 Å². The summed E-state index contributed by atoms with van der Waals surface area (Å²) in [4.78, 5) is 12.8. The van der Waals surface area contributed by atoms with Crippen molar-refractivity contribution in [1.82, 2.24) is 5.43 Å². The standard InChI is InChI=1S/C21H20N2O2S/c1-26(25)13-19(24)16-12-21-17-10-6-5-7-14(17)11-18(21)20(16)23(22-21)15-8-3-2-4-9-15/h2-5,7-9,11-12,17,22H,6,10,13H2,1H3. The SMILES string of the molecule is C[S+]([O-])CC(=O)C1=CC23NN(c4ccccc4)C1=C2C=C1C=CCCC13. The smallest absolute Gasteiger partial charge is 0.213 e. The van der Waals surface area contributed by atoms with Gasteiger partial charge in [0.2, 0.25) is 5.78 Å². The number of benzene rings is 1. The zero-order valence-corrected chi connectivity index (χ0v) is 15.4. The van der Waals surface area contributed by atoms with E-state index in [2.05, 4.69) is 29.7 Å². The molecule has 1 N–H and O–H groups in total. The van der Waals surface area contributed by atoms with Gasteiger partial charge in [-0.15, -0.1) is 0 Å². The van der Waals surface area contributed by atoms with E-state index in [1.807, 2.05) is 35.3 Å². The van der Waals surface area contributed by atoms with Crippen LogP contribution >= 0.6 is 0 Å². The van der Waals surface area contributed by atoms with E-state index in [0.29, 0.717) is 11.5 Å². The molecule has 0 saturated heterocycles. The monoisotopic (exact) mass is 364 g/mol. The maximum atomic E-state index is 12.8. The Balaban J connectivity index is 1.64. The summed E-state index contributed by atoms with van der Waals surface area (Å²) < 4.78 is 11.6. The molecule has 1 aromatic rings. The average Bonchev–Trinajstić information content (AvgIpc) is 3.23. The van der Waals surface area contributed by atoms with Crippen LogP contribution in [0.25, 0.3) is 0 Å². The number of Topliss-reactive ketones (excluding diaryl/α,β-unsaturated/α-hetero) is 1.